The third-order valence-electron chi connectivity index (χ3n) is 4.38. The van der Waals surface area contributed by atoms with E-state index >= 15 is 0 Å². The van der Waals surface area contributed by atoms with Gasteiger partial charge in [0.1, 0.15) is 12.4 Å². The lowest BCUT2D eigenvalue weighted by Gasteiger charge is -2.32. The number of benzene rings is 1. The molecule has 1 aromatic heterocycles. The fraction of sp³-hybridized carbons (Fsp3) is 0.412. The van der Waals surface area contributed by atoms with Gasteiger partial charge in [-0.2, -0.15) is 0 Å². The van der Waals surface area contributed by atoms with Gasteiger partial charge in [0.15, 0.2) is 5.82 Å². The summed E-state index contributed by atoms with van der Waals surface area (Å²) >= 11 is 0. The number of aromatic nitrogens is 2. The number of ether oxygens (including phenoxy) is 1. The van der Waals surface area contributed by atoms with Crippen molar-refractivity contribution in [3.05, 3.63) is 47.4 Å². The summed E-state index contributed by atoms with van der Waals surface area (Å²) in [5, 5.41) is 8.36. The monoisotopic (exact) mass is 449 g/mol. The van der Waals surface area contributed by atoms with Gasteiger partial charge in [0.05, 0.1) is 4.90 Å². The average molecular weight is 450 g/mol. The second-order valence-electron chi connectivity index (χ2n) is 6.50. The van der Waals surface area contributed by atoms with Crippen LogP contribution in [-0.4, -0.2) is 31.5 Å². The summed E-state index contributed by atoms with van der Waals surface area (Å²) in [6, 6.07) is 8.60. The number of nitrogens with two attached hydrogens (primary N) is 2. The van der Waals surface area contributed by atoms with Crippen LogP contribution >= 0.6 is 24.8 Å². The SMILES string of the molecule is COCc1nc(NCc2ccc(S(N)(=O)=O)cc2)cc(C2CC(N)C2)n1.Cl.Cl. The van der Waals surface area contributed by atoms with Crippen molar-refractivity contribution in [2.75, 3.05) is 12.4 Å². The van der Waals surface area contributed by atoms with Gasteiger partial charge in [0.25, 0.3) is 0 Å². The Morgan fingerprint density at radius 3 is 2.36 bits per heavy atom. The van der Waals surface area contributed by atoms with Crippen molar-refractivity contribution >= 4 is 40.7 Å². The maximum absolute atomic E-state index is 11.3. The lowest BCUT2D eigenvalue weighted by atomic mass is 9.78. The third kappa shape index (κ3) is 6.26. The molecule has 1 saturated carbocycles. The summed E-state index contributed by atoms with van der Waals surface area (Å²) < 4.78 is 27.8. The number of rotatable bonds is 7. The number of primary sulfonamides is 1. The highest BCUT2D eigenvalue weighted by Gasteiger charge is 2.29. The molecule has 3 rings (SSSR count). The molecule has 0 bridgehead atoms. The number of nitrogens with one attached hydrogen (secondary N) is 1. The van der Waals surface area contributed by atoms with E-state index < -0.39 is 10.0 Å². The number of hydrogen-bond donors (Lipinski definition) is 3. The molecule has 0 spiro atoms. The zero-order valence-corrected chi connectivity index (χ0v) is 17.8. The normalized spacial score (nSPS) is 18.4. The van der Waals surface area contributed by atoms with Crippen molar-refractivity contribution in [1.29, 1.82) is 0 Å². The van der Waals surface area contributed by atoms with Crippen molar-refractivity contribution in [1.82, 2.24) is 9.97 Å². The molecule has 1 aliphatic rings. The smallest absolute Gasteiger partial charge is 0.238 e. The van der Waals surface area contributed by atoms with Gasteiger partial charge in [-0.1, -0.05) is 12.1 Å². The van der Waals surface area contributed by atoms with E-state index in [4.69, 9.17) is 15.6 Å². The van der Waals surface area contributed by atoms with Crippen LogP contribution in [0.5, 0.6) is 0 Å². The molecule has 2 aromatic rings. The van der Waals surface area contributed by atoms with Gasteiger partial charge in [0.2, 0.25) is 10.0 Å². The lowest BCUT2D eigenvalue weighted by molar-refractivity contribution is 0.177. The Hall–Kier alpha value is -1.49. The molecule has 0 aliphatic heterocycles. The molecule has 0 saturated heterocycles. The molecule has 0 radical (unpaired) electrons. The van der Waals surface area contributed by atoms with E-state index in [1.54, 1.807) is 19.2 Å². The van der Waals surface area contributed by atoms with E-state index in [0.29, 0.717) is 30.7 Å². The van der Waals surface area contributed by atoms with Crippen LogP contribution in [0.3, 0.4) is 0 Å². The first kappa shape index (κ1) is 24.5. The summed E-state index contributed by atoms with van der Waals surface area (Å²) in [5.41, 5.74) is 7.77. The summed E-state index contributed by atoms with van der Waals surface area (Å²) in [6.45, 7) is 0.836. The number of anilines is 1. The molecule has 1 heterocycles. The minimum absolute atomic E-state index is 0. The summed E-state index contributed by atoms with van der Waals surface area (Å²) in [5.74, 6) is 1.69. The zero-order chi connectivity index (χ0) is 18.7. The van der Waals surface area contributed by atoms with Crippen LogP contribution in [0, 0.1) is 0 Å². The van der Waals surface area contributed by atoms with E-state index in [-0.39, 0.29) is 35.8 Å². The Labute approximate surface area is 177 Å². The van der Waals surface area contributed by atoms with Crippen molar-refractivity contribution < 1.29 is 13.2 Å². The maximum atomic E-state index is 11.3. The summed E-state index contributed by atoms with van der Waals surface area (Å²) in [4.78, 5) is 9.11. The quantitative estimate of drug-likeness (QED) is 0.587. The molecule has 5 N–H and O–H groups in total. The number of halogens is 2. The van der Waals surface area contributed by atoms with Crippen LogP contribution in [-0.2, 0) is 27.9 Å². The molecule has 156 valence electrons. The fourth-order valence-corrected chi connectivity index (χ4v) is 3.42. The minimum Gasteiger partial charge on any atom is -0.377 e. The summed E-state index contributed by atoms with van der Waals surface area (Å²) in [7, 11) is -2.07. The van der Waals surface area contributed by atoms with Gasteiger partial charge in [-0.3, -0.25) is 0 Å². The molecule has 11 heteroatoms. The molecule has 0 atom stereocenters. The molecular weight excluding hydrogens is 425 g/mol. The Morgan fingerprint density at radius 2 is 1.82 bits per heavy atom. The average Bonchev–Trinajstić information content (AvgIpc) is 2.57. The van der Waals surface area contributed by atoms with E-state index in [9.17, 15) is 8.42 Å². The molecule has 0 amide bonds. The van der Waals surface area contributed by atoms with Crippen LogP contribution in [0.1, 0.15) is 35.8 Å². The molecular formula is C17H25Cl2N5O3S. The van der Waals surface area contributed by atoms with Crippen molar-refractivity contribution in [3.8, 4) is 0 Å². The Bertz CT molecular complexity index is 875. The first-order valence-electron chi connectivity index (χ1n) is 8.33. The maximum Gasteiger partial charge on any atom is 0.238 e. The van der Waals surface area contributed by atoms with E-state index in [1.807, 2.05) is 6.07 Å². The second-order valence-corrected chi connectivity index (χ2v) is 8.06. The Balaban J connectivity index is 0.00000196. The van der Waals surface area contributed by atoms with E-state index in [2.05, 4.69) is 15.3 Å². The van der Waals surface area contributed by atoms with Crippen LogP contribution in [0.2, 0.25) is 0 Å². The molecule has 0 unspecified atom stereocenters. The predicted octanol–water partition coefficient (Wildman–Crippen LogP) is 1.93. The van der Waals surface area contributed by atoms with Crippen molar-refractivity contribution in [2.24, 2.45) is 10.9 Å². The first-order valence-corrected chi connectivity index (χ1v) is 9.88. The fourth-order valence-electron chi connectivity index (χ4n) is 2.90. The van der Waals surface area contributed by atoms with Gasteiger partial charge in [0, 0.05) is 37.4 Å². The second kappa shape index (κ2) is 10.3. The topological polar surface area (TPSA) is 133 Å². The van der Waals surface area contributed by atoms with Gasteiger partial charge in [-0.25, -0.2) is 23.5 Å². The number of sulfonamides is 1. The van der Waals surface area contributed by atoms with Gasteiger partial charge in [-0.15, -0.1) is 24.8 Å². The highest BCUT2D eigenvalue weighted by atomic mass is 35.5. The highest BCUT2D eigenvalue weighted by molar-refractivity contribution is 7.89. The lowest BCUT2D eigenvalue weighted by Crippen LogP contribution is -2.35. The van der Waals surface area contributed by atoms with Crippen LogP contribution < -0.4 is 16.2 Å². The van der Waals surface area contributed by atoms with Crippen LogP contribution in [0.25, 0.3) is 0 Å². The largest absolute Gasteiger partial charge is 0.377 e. The predicted molar refractivity (Wildman–Crippen MR) is 112 cm³/mol. The van der Waals surface area contributed by atoms with Crippen molar-refractivity contribution in [2.45, 2.75) is 42.8 Å². The first-order chi connectivity index (χ1) is 12.3. The van der Waals surface area contributed by atoms with Crippen molar-refractivity contribution in [3.63, 3.8) is 0 Å². The van der Waals surface area contributed by atoms with E-state index in [0.717, 1.165) is 24.1 Å². The minimum atomic E-state index is -3.68. The molecule has 1 aromatic carbocycles. The van der Waals surface area contributed by atoms with Gasteiger partial charge < -0.3 is 15.8 Å². The molecule has 8 nitrogen and oxygen atoms in total. The number of hydrogen-bond acceptors (Lipinski definition) is 7. The van der Waals surface area contributed by atoms with E-state index in [1.165, 1.54) is 12.1 Å². The van der Waals surface area contributed by atoms with Gasteiger partial charge in [-0.05, 0) is 30.5 Å². The molecule has 1 fully saturated rings. The number of nitrogens with zero attached hydrogens (tertiary/aromatic N) is 2. The van der Waals surface area contributed by atoms with Crippen LogP contribution in [0.4, 0.5) is 5.82 Å². The highest BCUT2D eigenvalue weighted by Crippen LogP contribution is 2.35. The Kier molecular flexibility index (Phi) is 9.06. The Morgan fingerprint density at radius 1 is 1.18 bits per heavy atom. The zero-order valence-electron chi connectivity index (χ0n) is 15.4. The van der Waals surface area contributed by atoms with Crippen LogP contribution in [0.15, 0.2) is 35.2 Å². The summed E-state index contributed by atoms with van der Waals surface area (Å²) in [6.07, 6.45) is 1.86. The number of methoxy groups -OCH3 is 1. The molecule has 28 heavy (non-hydrogen) atoms. The van der Waals surface area contributed by atoms with Gasteiger partial charge >= 0.3 is 0 Å². The third-order valence-corrected chi connectivity index (χ3v) is 5.31. The standard InChI is InChI=1S/C17H23N5O3S.2ClH/c1-25-10-17-21-15(12-6-13(18)7-12)8-16(22-17)20-9-11-2-4-14(5-3-11)26(19,23)24;;/h2-5,8,12-13H,6-7,9-10,18H2,1H3,(H2,19,23,24)(H,20,21,22);2*1H. The molecule has 1 aliphatic carbocycles.